The highest BCUT2D eigenvalue weighted by Gasteiger charge is 2.16. The van der Waals surface area contributed by atoms with Crippen molar-refractivity contribution in [2.75, 3.05) is 0 Å². The topological polar surface area (TPSA) is 123 Å². The van der Waals surface area contributed by atoms with Crippen molar-refractivity contribution in [3.05, 3.63) is 109 Å². The predicted octanol–water partition coefficient (Wildman–Crippen LogP) is 3.26. The Labute approximate surface area is 196 Å². The summed E-state index contributed by atoms with van der Waals surface area (Å²) in [6, 6.07) is 22.1. The third-order valence-electron chi connectivity index (χ3n) is 5.24. The van der Waals surface area contributed by atoms with Crippen molar-refractivity contribution < 1.29 is 37.8 Å². The zero-order valence-electron chi connectivity index (χ0n) is 18.0. The summed E-state index contributed by atoms with van der Waals surface area (Å²) >= 11 is 0. The molecule has 0 unspecified atom stereocenters. The molecule has 4 rings (SSSR count). The Balaban J connectivity index is 1.46. The first-order valence-electron chi connectivity index (χ1n) is 10.4. The summed E-state index contributed by atoms with van der Waals surface area (Å²) in [4.78, 5) is 36.4. The molecule has 4 N–H and O–H groups in total. The molecule has 0 radical (unpaired) electrons. The molecule has 0 atom stereocenters. The van der Waals surface area contributed by atoms with E-state index in [2.05, 4.69) is 0 Å². The van der Waals surface area contributed by atoms with Gasteiger partial charge in [-0.15, -0.1) is 0 Å². The molecule has 0 spiro atoms. The second-order valence-electron chi connectivity index (χ2n) is 7.97. The SMILES string of the molecule is O=P(O)(O)Cc1ccc(-[n+]2ccc(-c3cc[n+](-c4ccc(CP(=O)(O)O)cc4)cc3)cc2)cc1. The standard InChI is InChI=1S/C24H22N2O6P2/c27-33(28,29)17-19-1-5-23(6-2-19)25-13-9-21(10-14-25)22-11-15-26(16-12-22)24-7-3-20(4-8-24)18-34(30,31)32/h1-16H,17-18H2,(H2-2,27,28,29,30,31,32)/p+2. The van der Waals surface area contributed by atoms with Crippen LogP contribution in [0.25, 0.3) is 22.5 Å². The van der Waals surface area contributed by atoms with Crippen molar-refractivity contribution in [2.24, 2.45) is 0 Å². The third kappa shape index (κ3) is 6.55. The molecule has 174 valence electrons. The third-order valence-corrected chi connectivity index (χ3v) is 6.79. The Kier molecular flexibility index (Phi) is 6.91. The van der Waals surface area contributed by atoms with E-state index in [1.165, 1.54) is 0 Å². The van der Waals surface area contributed by atoms with E-state index in [1.807, 2.05) is 82.5 Å². The van der Waals surface area contributed by atoms with E-state index >= 15 is 0 Å². The maximum atomic E-state index is 11.2. The fourth-order valence-corrected chi connectivity index (χ4v) is 4.98. The summed E-state index contributed by atoms with van der Waals surface area (Å²) < 4.78 is 26.1. The van der Waals surface area contributed by atoms with Gasteiger partial charge in [0.1, 0.15) is 0 Å². The lowest BCUT2D eigenvalue weighted by molar-refractivity contribution is -0.596. The minimum Gasteiger partial charge on any atom is -0.324 e. The van der Waals surface area contributed by atoms with Crippen LogP contribution in [0.1, 0.15) is 11.1 Å². The van der Waals surface area contributed by atoms with Crippen molar-refractivity contribution in [1.82, 2.24) is 0 Å². The highest BCUT2D eigenvalue weighted by molar-refractivity contribution is 7.51. The van der Waals surface area contributed by atoms with Gasteiger partial charge in [-0.25, -0.2) is 0 Å². The van der Waals surface area contributed by atoms with Gasteiger partial charge in [0.05, 0.1) is 12.3 Å². The number of benzene rings is 2. The second kappa shape index (κ2) is 9.72. The zero-order valence-corrected chi connectivity index (χ0v) is 19.8. The fraction of sp³-hybridized carbons (Fsp3) is 0.0833. The Bertz CT molecular complexity index is 1250. The van der Waals surface area contributed by atoms with Gasteiger partial charge >= 0.3 is 15.2 Å². The highest BCUT2D eigenvalue weighted by Crippen LogP contribution is 2.39. The summed E-state index contributed by atoms with van der Waals surface area (Å²) in [6.07, 6.45) is 7.15. The molecule has 0 aliphatic heterocycles. The van der Waals surface area contributed by atoms with Crippen LogP contribution in [0.4, 0.5) is 0 Å². The van der Waals surface area contributed by atoms with E-state index in [0.29, 0.717) is 11.1 Å². The lowest BCUT2D eigenvalue weighted by Gasteiger charge is -2.05. The average molecular weight is 498 g/mol. The van der Waals surface area contributed by atoms with Gasteiger partial charge in [-0.2, -0.15) is 9.13 Å². The molecule has 10 heteroatoms. The predicted molar refractivity (Wildman–Crippen MR) is 126 cm³/mol. The van der Waals surface area contributed by atoms with Gasteiger partial charge in [0.25, 0.3) is 0 Å². The molecule has 0 saturated carbocycles. The van der Waals surface area contributed by atoms with Gasteiger partial charge in [0.15, 0.2) is 24.8 Å². The number of nitrogens with zero attached hydrogens (tertiary/aromatic N) is 2. The summed E-state index contributed by atoms with van der Waals surface area (Å²) in [6.45, 7) is 0. The van der Waals surface area contributed by atoms with E-state index < -0.39 is 15.2 Å². The molecule has 0 amide bonds. The molecule has 0 aliphatic rings. The van der Waals surface area contributed by atoms with Crippen LogP contribution in [-0.2, 0) is 21.5 Å². The van der Waals surface area contributed by atoms with Crippen LogP contribution in [0.2, 0.25) is 0 Å². The number of hydrogen-bond donors (Lipinski definition) is 4. The van der Waals surface area contributed by atoms with Gasteiger partial charge in [-0.1, -0.05) is 24.3 Å². The molecule has 2 heterocycles. The summed E-state index contributed by atoms with van der Waals surface area (Å²) in [5, 5.41) is 0. The Hall–Kier alpha value is -2.96. The highest BCUT2D eigenvalue weighted by atomic mass is 31.2. The minimum atomic E-state index is -4.09. The molecular formula is C24H24N2O6P2+2. The van der Waals surface area contributed by atoms with Gasteiger partial charge in [-0.05, 0) is 22.3 Å². The largest absolute Gasteiger partial charge is 0.329 e. The van der Waals surface area contributed by atoms with E-state index in [9.17, 15) is 9.13 Å². The molecule has 8 nitrogen and oxygen atoms in total. The normalized spacial score (nSPS) is 12.0. The first-order chi connectivity index (χ1) is 16.1. The Morgan fingerprint density at radius 1 is 0.500 bits per heavy atom. The molecule has 0 bridgehead atoms. The lowest BCUT2D eigenvalue weighted by Crippen LogP contribution is -2.29. The van der Waals surface area contributed by atoms with Gasteiger partial charge < -0.3 is 19.6 Å². The number of aromatic nitrogens is 2. The Morgan fingerprint density at radius 3 is 1.06 bits per heavy atom. The summed E-state index contributed by atoms with van der Waals surface area (Å²) in [7, 11) is -8.17. The van der Waals surface area contributed by atoms with E-state index in [1.54, 1.807) is 24.3 Å². The molecular weight excluding hydrogens is 474 g/mol. The monoisotopic (exact) mass is 498 g/mol. The number of rotatable bonds is 7. The Morgan fingerprint density at radius 2 is 0.794 bits per heavy atom. The minimum absolute atomic E-state index is 0.275. The smallest absolute Gasteiger partial charge is 0.324 e. The van der Waals surface area contributed by atoms with E-state index in [0.717, 1.165) is 22.5 Å². The van der Waals surface area contributed by atoms with E-state index in [4.69, 9.17) is 19.6 Å². The van der Waals surface area contributed by atoms with Gasteiger partial charge in [0.2, 0.25) is 11.4 Å². The first kappa shape index (κ1) is 24.2. The van der Waals surface area contributed by atoms with Crippen LogP contribution in [0.5, 0.6) is 0 Å². The maximum absolute atomic E-state index is 11.2. The van der Waals surface area contributed by atoms with Crippen LogP contribution in [0.15, 0.2) is 97.6 Å². The van der Waals surface area contributed by atoms with Crippen LogP contribution in [0.3, 0.4) is 0 Å². The molecule has 2 aromatic heterocycles. The van der Waals surface area contributed by atoms with Crippen molar-refractivity contribution >= 4 is 15.2 Å². The number of pyridine rings is 2. The number of hydrogen-bond acceptors (Lipinski definition) is 2. The van der Waals surface area contributed by atoms with Gasteiger partial charge in [0, 0.05) is 48.5 Å². The maximum Gasteiger partial charge on any atom is 0.329 e. The quantitative estimate of drug-likeness (QED) is 0.229. The van der Waals surface area contributed by atoms with E-state index in [-0.39, 0.29) is 12.3 Å². The molecule has 0 aliphatic carbocycles. The second-order valence-corrected chi connectivity index (χ2v) is 11.3. The summed E-state index contributed by atoms with van der Waals surface area (Å²) in [5.74, 6) is 0. The van der Waals surface area contributed by atoms with Crippen LogP contribution in [0, 0.1) is 0 Å². The van der Waals surface area contributed by atoms with Crippen LogP contribution < -0.4 is 9.13 Å². The first-order valence-corrected chi connectivity index (χ1v) is 14.0. The van der Waals surface area contributed by atoms with Crippen molar-refractivity contribution in [1.29, 1.82) is 0 Å². The van der Waals surface area contributed by atoms with Crippen LogP contribution >= 0.6 is 15.2 Å². The molecule has 0 fully saturated rings. The average Bonchev–Trinajstić information content (AvgIpc) is 2.78. The molecule has 34 heavy (non-hydrogen) atoms. The zero-order chi connectivity index (χ0) is 24.3. The lowest BCUT2D eigenvalue weighted by atomic mass is 10.1. The van der Waals surface area contributed by atoms with Crippen LogP contribution in [-0.4, -0.2) is 19.6 Å². The van der Waals surface area contributed by atoms with Crippen molar-refractivity contribution in [3.63, 3.8) is 0 Å². The van der Waals surface area contributed by atoms with Crippen molar-refractivity contribution in [3.8, 4) is 22.5 Å². The molecule has 2 aromatic carbocycles. The molecule has 4 aromatic rings. The van der Waals surface area contributed by atoms with Crippen molar-refractivity contribution in [2.45, 2.75) is 12.3 Å². The fourth-order valence-electron chi connectivity index (χ4n) is 3.60. The molecule has 0 saturated heterocycles. The summed E-state index contributed by atoms with van der Waals surface area (Å²) in [5.41, 5.74) is 4.99. The van der Waals surface area contributed by atoms with Gasteiger partial charge in [-0.3, -0.25) is 9.13 Å².